The Morgan fingerprint density at radius 2 is 2.05 bits per heavy atom. The summed E-state index contributed by atoms with van der Waals surface area (Å²) in [5, 5.41) is 3.19. The summed E-state index contributed by atoms with van der Waals surface area (Å²) >= 11 is 3.44. The van der Waals surface area contributed by atoms with Gasteiger partial charge in [0.1, 0.15) is 5.75 Å². The van der Waals surface area contributed by atoms with Crippen molar-refractivity contribution in [2.45, 2.75) is 19.9 Å². The first-order valence-electron chi connectivity index (χ1n) is 6.49. The van der Waals surface area contributed by atoms with Crippen molar-refractivity contribution in [2.24, 2.45) is 0 Å². The summed E-state index contributed by atoms with van der Waals surface area (Å²) in [6.45, 7) is 4.31. The lowest BCUT2D eigenvalue weighted by Gasteiger charge is -2.12. The van der Waals surface area contributed by atoms with Gasteiger partial charge in [-0.25, -0.2) is 13.1 Å². The Bertz CT molecular complexity index is 520. The van der Waals surface area contributed by atoms with E-state index in [1.807, 2.05) is 18.2 Å². The van der Waals surface area contributed by atoms with Crippen molar-refractivity contribution < 1.29 is 13.2 Å². The van der Waals surface area contributed by atoms with Crippen molar-refractivity contribution in [2.75, 3.05) is 26.0 Å². The molecule has 0 heterocycles. The zero-order chi connectivity index (χ0) is 15.0. The van der Waals surface area contributed by atoms with E-state index in [1.165, 1.54) is 0 Å². The van der Waals surface area contributed by atoms with Crippen LogP contribution in [0.2, 0.25) is 0 Å². The van der Waals surface area contributed by atoms with Gasteiger partial charge in [-0.15, -0.1) is 0 Å². The molecule has 1 rings (SSSR count). The van der Waals surface area contributed by atoms with Crippen LogP contribution in [0.4, 0.5) is 0 Å². The minimum atomic E-state index is -3.12. The van der Waals surface area contributed by atoms with E-state index in [4.69, 9.17) is 4.74 Å². The summed E-state index contributed by atoms with van der Waals surface area (Å²) in [7, 11) is -3.12. The van der Waals surface area contributed by atoms with Gasteiger partial charge in [0.25, 0.3) is 0 Å². The normalized spacial score (nSPS) is 11.6. The fourth-order valence-corrected chi connectivity index (χ4v) is 2.47. The molecule has 2 N–H and O–H groups in total. The lowest BCUT2D eigenvalue weighted by atomic mass is 10.2. The summed E-state index contributed by atoms with van der Waals surface area (Å²) in [5.41, 5.74) is 1.05. The number of rotatable bonds is 9. The quantitative estimate of drug-likeness (QED) is 0.656. The van der Waals surface area contributed by atoms with Crippen LogP contribution in [-0.4, -0.2) is 34.4 Å². The third-order valence-electron chi connectivity index (χ3n) is 2.47. The van der Waals surface area contributed by atoms with Gasteiger partial charge in [-0.05, 0) is 24.6 Å². The molecule has 0 fully saturated rings. The molecule has 5 nitrogen and oxygen atoms in total. The number of halogens is 1. The lowest BCUT2D eigenvalue weighted by molar-refractivity contribution is 0.313. The molecule has 114 valence electrons. The third-order valence-corrected chi connectivity index (χ3v) is 3.69. The lowest BCUT2D eigenvalue weighted by Crippen LogP contribution is -2.30. The van der Waals surface area contributed by atoms with E-state index < -0.39 is 10.0 Å². The zero-order valence-corrected chi connectivity index (χ0v) is 14.2. The number of ether oxygens (including phenoxy) is 1. The molecule has 1 aromatic carbocycles. The molecule has 0 amide bonds. The highest BCUT2D eigenvalue weighted by molar-refractivity contribution is 9.10. The standard InChI is InChI=1S/C13H21BrN2O3S/c1-3-8-19-13-5-4-12(14)9-11(13)10-15-6-7-16-20(2,17)18/h4-5,9,15-16H,3,6-8,10H2,1-2H3. The summed E-state index contributed by atoms with van der Waals surface area (Å²) < 4.78 is 30.9. The van der Waals surface area contributed by atoms with Crippen LogP contribution in [0, 0.1) is 0 Å². The maximum atomic E-state index is 10.9. The molecule has 0 saturated carbocycles. The molecule has 0 bridgehead atoms. The number of hydrogen-bond donors (Lipinski definition) is 2. The van der Waals surface area contributed by atoms with Gasteiger partial charge < -0.3 is 10.1 Å². The van der Waals surface area contributed by atoms with Crippen LogP contribution >= 0.6 is 15.9 Å². The molecule has 0 aromatic heterocycles. The third kappa shape index (κ3) is 7.23. The van der Waals surface area contributed by atoms with Crippen LogP contribution in [0.5, 0.6) is 5.75 Å². The molecule has 0 aliphatic carbocycles. The number of sulfonamides is 1. The number of hydrogen-bond acceptors (Lipinski definition) is 4. The van der Waals surface area contributed by atoms with Crippen molar-refractivity contribution in [1.29, 1.82) is 0 Å². The number of nitrogens with one attached hydrogen (secondary N) is 2. The Morgan fingerprint density at radius 1 is 1.30 bits per heavy atom. The molecule has 0 atom stereocenters. The van der Waals surface area contributed by atoms with Gasteiger partial charge in [-0.3, -0.25) is 0 Å². The maximum absolute atomic E-state index is 10.9. The number of benzene rings is 1. The largest absolute Gasteiger partial charge is 0.493 e. The fourth-order valence-electron chi connectivity index (χ4n) is 1.59. The molecule has 0 aliphatic heterocycles. The molecule has 0 aliphatic rings. The smallest absolute Gasteiger partial charge is 0.208 e. The average Bonchev–Trinajstić information content (AvgIpc) is 2.36. The monoisotopic (exact) mass is 364 g/mol. The van der Waals surface area contributed by atoms with Gasteiger partial charge in [0.15, 0.2) is 0 Å². The van der Waals surface area contributed by atoms with E-state index in [9.17, 15) is 8.42 Å². The Balaban J connectivity index is 2.47. The highest BCUT2D eigenvalue weighted by Gasteiger charge is 2.05. The Morgan fingerprint density at radius 3 is 2.70 bits per heavy atom. The molecule has 1 aromatic rings. The van der Waals surface area contributed by atoms with Crippen molar-refractivity contribution in [1.82, 2.24) is 10.0 Å². The minimum absolute atomic E-state index is 0.373. The highest BCUT2D eigenvalue weighted by Crippen LogP contribution is 2.23. The van der Waals surface area contributed by atoms with E-state index in [2.05, 4.69) is 32.9 Å². The van der Waals surface area contributed by atoms with Gasteiger partial charge in [-0.2, -0.15) is 0 Å². The van der Waals surface area contributed by atoms with E-state index in [0.29, 0.717) is 26.2 Å². The fraction of sp³-hybridized carbons (Fsp3) is 0.538. The van der Waals surface area contributed by atoms with Crippen LogP contribution in [0.1, 0.15) is 18.9 Å². The first-order valence-corrected chi connectivity index (χ1v) is 9.17. The van der Waals surface area contributed by atoms with Gasteiger partial charge in [0, 0.05) is 29.7 Å². The van der Waals surface area contributed by atoms with Crippen LogP contribution in [-0.2, 0) is 16.6 Å². The molecular weight excluding hydrogens is 344 g/mol. The Kier molecular flexibility index (Phi) is 7.50. The molecule has 20 heavy (non-hydrogen) atoms. The first kappa shape index (κ1) is 17.4. The minimum Gasteiger partial charge on any atom is -0.493 e. The van der Waals surface area contributed by atoms with Gasteiger partial charge >= 0.3 is 0 Å². The van der Waals surface area contributed by atoms with Crippen molar-refractivity contribution in [3.8, 4) is 5.75 Å². The predicted octanol–water partition coefficient (Wildman–Crippen LogP) is 1.88. The summed E-state index contributed by atoms with van der Waals surface area (Å²) in [6, 6.07) is 5.88. The topological polar surface area (TPSA) is 67.4 Å². The molecular formula is C13H21BrN2O3S. The van der Waals surface area contributed by atoms with Crippen molar-refractivity contribution in [3.05, 3.63) is 28.2 Å². The van der Waals surface area contributed by atoms with E-state index in [0.717, 1.165) is 28.5 Å². The Labute approximate surface area is 129 Å². The van der Waals surface area contributed by atoms with E-state index in [-0.39, 0.29) is 0 Å². The highest BCUT2D eigenvalue weighted by atomic mass is 79.9. The SMILES string of the molecule is CCCOc1ccc(Br)cc1CNCCNS(C)(=O)=O. The van der Waals surface area contributed by atoms with E-state index in [1.54, 1.807) is 0 Å². The molecule has 0 radical (unpaired) electrons. The van der Waals surface area contributed by atoms with Crippen molar-refractivity contribution >= 4 is 26.0 Å². The summed E-state index contributed by atoms with van der Waals surface area (Å²) in [6.07, 6.45) is 2.11. The second-order valence-corrected chi connectivity index (χ2v) is 7.19. The van der Waals surface area contributed by atoms with Gasteiger partial charge in [0.05, 0.1) is 12.9 Å². The average molecular weight is 365 g/mol. The second kappa shape index (κ2) is 8.61. The van der Waals surface area contributed by atoms with Crippen molar-refractivity contribution in [3.63, 3.8) is 0 Å². The molecule has 0 unspecified atom stereocenters. The van der Waals surface area contributed by atoms with Crippen LogP contribution in [0.15, 0.2) is 22.7 Å². The molecule has 0 saturated heterocycles. The maximum Gasteiger partial charge on any atom is 0.208 e. The van der Waals surface area contributed by atoms with E-state index >= 15 is 0 Å². The first-order chi connectivity index (χ1) is 9.42. The second-order valence-electron chi connectivity index (χ2n) is 4.44. The van der Waals surface area contributed by atoms with Crippen LogP contribution < -0.4 is 14.8 Å². The zero-order valence-electron chi connectivity index (χ0n) is 11.8. The van der Waals surface area contributed by atoms with Crippen LogP contribution in [0.25, 0.3) is 0 Å². The summed E-state index contributed by atoms with van der Waals surface area (Å²) in [4.78, 5) is 0. The summed E-state index contributed by atoms with van der Waals surface area (Å²) in [5.74, 6) is 0.860. The molecule has 7 heteroatoms. The van der Waals surface area contributed by atoms with Crippen LogP contribution in [0.3, 0.4) is 0 Å². The van der Waals surface area contributed by atoms with Gasteiger partial charge in [-0.1, -0.05) is 22.9 Å². The van der Waals surface area contributed by atoms with Gasteiger partial charge in [0.2, 0.25) is 10.0 Å². The molecule has 0 spiro atoms. The Hall–Kier alpha value is -0.630. The predicted molar refractivity (Wildman–Crippen MR) is 84.5 cm³/mol.